The minimum Gasteiger partial charge on any atom is -0.390 e. The van der Waals surface area contributed by atoms with Gasteiger partial charge in [-0.2, -0.15) is 0 Å². The third-order valence-corrected chi connectivity index (χ3v) is 11.3. The summed E-state index contributed by atoms with van der Waals surface area (Å²) < 4.78 is 23.5. The van der Waals surface area contributed by atoms with Crippen molar-refractivity contribution < 1.29 is 38.0 Å². The number of hydrogen-bond donors (Lipinski definition) is 4. The molecule has 0 aliphatic heterocycles. The monoisotopic (exact) mass is 790 g/mol. The van der Waals surface area contributed by atoms with Gasteiger partial charge in [-0.1, -0.05) is 174 Å². The fourth-order valence-corrected chi connectivity index (χ4v) is 7.40. The molecule has 0 aliphatic carbocycles. The highest BCUT2D eigenvalue weighted by Crippen LogP contribution is 2.43. The highest BCUT2D eigenvalue weighted by atomic mass is 31.2. The second-order valence-electron chi connectivity index (χ2n) is 16.9. The Morgan fingerprint density at radius 2 is 1.04 bits per heavy atom. The second kappa shape index (κ2) is 36.5. The summed E-state index contributed by atoms with van der Waals surface area (Å²) in [6.07, 6.45) is 36.9. The number of unbranched alkanes of at least 4 members (excludes halogenated alkanes) is 25. The molecule has 4 N–H and O–H groups in total. The van der Waals surface area contributed by atoms with Crippen molar-refractivity contribution in [2.24, 2.45) is 0 Å². The van der Waals surface area contributed by atoms with E-state index >= 15 is 0 Å². The van der Waals surface area contributed by atoms with Crippen molar-refractivity contribution in [3.63, 3.8) is 0 Å². The molecule has 0 aliphatic rings. The average Bonchev–Trinajstić information content (AvgIpc) is 3.12. The number of hydrogen-bond acceptors (Lipinski definition) is 6. The molecule has 322 valence electrons. The van der Waals surface area contributed by atoms with E-state index in [1.54, 1.807) is 0 Å². The van der Waals surface area contributed by atoms with Gasteiger partial charge in [-0.3, -0.25) is 13.8 Å². The van der Waals surface area contributed by atoms with Crippen molar-refractivity contribution in [1.29, 1.82) is 0 Å². The van der Waals surface area contributed by atoms with Gasteiger partial charge in [0.05, 0.1) is 39.9 Å². The summed E-state index contributed by atoms with van der Waals surface area (Å²) in [5, 5.41) is 24.7. The number of phosphoric ester groups is 1. The number of amides is 1. The first-order valence-electron chi connectivity index (χ1n) is 22.6. The topological polar surface area (TPSA) is 125 Å². The van der Waals surface area contributed by atoms with Crippen LogP contribution in [0.4, 0.5) is 0 Å². The van der Waals surface area contributed by atoms with Crippen LogP contribution in [0.1, 0.15) is 206 Å². The highest BCUT2D eigenvalue weighted by molar-refractivity contribution is 7.47. The van der Waals surface area contributed by atoms with Gasteiger partial charge < -0.3 is 24.9 Å². The number of quaternary nitrogens is 1. The summed E-state index contributed by atoms with van der Waals surface area (Å²) in [4.78, 5) is 23.2. The standard InChI is InChI=1S/C44H89N2O7P/c1-6-8-10-12-14-16-18-20-21-22-23-24-25-27-29-31-33-35-37-43(48)45-41(40-53-54(50,51)52-39-38-46(3,4)5)44(49)42(47)36-34-32-30-28-26-19-17-15-13-11-9-7-2/h21-22,41-42,44,47,49H,6-20,23-40H2,1-5H3,(H-,45,48,50,51)/p+1/b22-21-. The summed E-state index contributed by atoms with van der Waals surface area (Å²) in [5.74, 6) is -0.262. The summed E-state index contributed by atoms with van der Waals surface area (Å²) in [6, 6.07) is -1.03. The lowest BCUT2D eigenvalue weighted by atomic mass is 9.99. The number of rotatable bonds is 41. The highest BCUT2D eigenvalue weighted by Gasteiger charge is 2.31. The van der Waals surface area contributed by atoms with Gasteiger partial charge in [0.1, 0.15) is 19.3 Å². The lowest BCUT2D eigenvalue weighted by Gasteiger charge is -2.28. The largest absolute Gasteiger partial charge is 0.472 e. The van der Waals surface area contributed by atoms with E-state index in [2.05, 4.69) is 31.3 Å². The number of nitrogens with one attached hydrogen (secondary N) is 1. The van der Waals surface area contributed by atoms with E-state index in [4.69, 9.17) is 9.05 Å². The molecule has 0 radical (unpaired) electrons. The third kappa shape index (κ3) is 36.8. The molecule has 9 nitrogen and oxygen atoms in total. The van der Waals surface area contributed by atoms with Crippen LogP contribution in [0.3, 0.4) is 0 Å². The molecule has 4 atom stereocenters. The molecule has 4 unspecified atom stereocenters. The molecule has 0 spiro atoms. The molecule has 54 heavy (non-hydrogen) atoms. The minimum absolute atomic E-state index is 0.0227. The van der Waals surface area contributed by atoms with Crippen LogP contribution in [0.2, 0.25) is 0 Å². The van der Waals surface area contributed by atoms with Crippen LogP contribution < -0.4 is 5.32 Å². The molecule has 0 heterocycles. The van der Waals surface area contributed by atoms with Crippen LogP contribution in [-0.2, 0) is 18.4 Å². The van der Waals surface area contributed by atoms with Gasteiger partial charge in [0, 0.05) is 6.42 Å². The molecular formula is C44H90N2O7P+. The second-order valence-corrected chi connectivity index (χ2v) is 18.4. The number of carbonyl (C=O) groups excluding carboxylic acids is 1. The average molecular weight is 790 g/mol. The van der Waals surface area contributed by atoms with Crippen LogP contribution in [0.15, 0.2) is 12.2 Å². The molecule has 0 aromatic heterocycles. The molecule has 1 amide bonds. The van der Waals surface area contributed by atoms with Gasteiger partial charge in [-0.25, -0.2) is 4.57 Å². The summed E-state index contributed by atoms with van der Waals surface area (Å²) >= 11 is 0. The van der Waals surface area contributed by atoms with E-state index in [0.717, 1.165) is 51.4 Å². The summed E-state index contributed by atoms with van der Waals surface area (Å²) in [6.45, 7) is 4.60. The van der Waals surface area contributed by atoms with E-state index in [0.29, 0.717) is 23.9 Å². The number of allylic oxidation sites excluding steroid dienone is 2. The Hall–Kier alpha value is -0.800. The molecule has 0 saturated carbocycles. The molecular weight excluding hydrogens is 699 g/mol. The fraction of sp³-hybridized carbons (Fsp3) is 0.932. The summed E-state index contributed by atoms with van der Waals surface area (Å²) in [5.41, 5.74) is 0. The number of aliphatic hydroxyl groups excluding tert-OH is 2. The van der Waals surface area contributed by atoms with Crippen molar-refractivity contribution in [2.45, 2.75) is 225 Å². The lowest BCUT2D eigenvalue weighted by Crippen LogP contribution is -2.51. The zero-order chi connectivity index (χ0) is 40.2. The number of aliphatic hydroxyl groups is 2. The Morgan fingerprint density at radius 1 is 0.630 bits per heavy atom. The fourth-order valence-electron chi connectivity index (χ4n) is 6.67. The SMILES string of the molecule is CCCCCCCCC/C=C\CCCCCCCCCC(=O)NC(COP(=O)(O)OCC[N+](C)(C)C)C(O)C(O)CCCCCCCCCCCCCC. The van der Waals surface area contributed by atoms with Crippen LogP contribution in [-0.4, -0.2) is 84.6 Å². The zero-order valence-corrected chi connectivity index (χ0v) is 37.0. The van der Waals surface area contributed by atoms with Crippen molar-refractivity contribution >= 4 is 13.7 Å². The van der Waals surface area contributed by atoms with E-state index in [9.17, 15) is 24.5 Å². The van der Waals surface area contributed by atoms with Gasteiger partial charge in [0.15, 0.2) is 0 Å². The zero-order valence-electron chi connectivity index (χ0n) is 36.1. The summed E-state index contributed by atoms with van der Waals surface area (Å²) in [7, 11) is 1.44. The van der Waals surface area contributed by atoms with Crippen molar-refractivity contribution in [3.8, 4) is 0 Å². The van der Waals surface area contributed by atoms with Crippen molar-refractivity contribution in [3.05, 3.63) is 12.2 Å². The predicted octanol–water partition coefficient (Wildman–Crippen LogP) is 11.3. The Balaban J connectivity index is 4.46. The molecule has 10 heteroatoms. The van der Waals surface area contributed by atoms with E-state index in [1.807, 2.05) is 21.1 Å². The molecule has 0 aromatic carbocycles. The van der Waals surface area contributed by atoms with Gasteiger partial charge >= 0.3 is 7.82 Å². The Kier molecular flexibility index (Phi) is 36.0. The Labute approximate surface area is 334 Å². The normalized spacial score (nSPS) is 15.0. The van der Waals surface area contributed by atoms with Gasteiger partial charge in [0.25, 0.3) is 0 Å². The van der Waals surface area contributed by atoms with Crippen LogP contribution >= 0.6 is 7.82 Å². The molecule has 0 fully saturated rings. The van der Waals surface area contributed by atoms with Crippen molar-refractivity contribution in [1.82, 2.24) is 5.32 Å². The van der Waals surface area contributed by atoms with Gasteiger partial charge in [0.2, 0.25) is 5.91 Å². The number of nitrogens with zero attached hydrogens (tertiary/aromatic N) is 1. The quantitative estimate of drug-likeness (QED) is 0.0210. The van der Waals surface area contributed by atoms with Gasteiger partial charge in [-0.05, 0) is 38.5 Å². The van der Waals surface area contributed by atoms with E-state index in [-0.39, 0.29) is 12.5 Å². The Morgan fingerprint density at radius 3 is 1.48 bits per heavy atom. The first-order valence-corrected chi connectivity index (χ1v) is 24.1. The Bertz CT molecular complexity index is 914. The van der Waals surface area contributed by atoms with Crippen molar-refractivity contribution in [2.75, 3.05) is 40.9 Å². The van der Waals surface area contributed by atoms with Crippen LogP contribution in [0.5, 0.6) is 0 Å². The molecule has 0 rings (SSSR count). The molecule has 0 bridgehead atoms. The van der Waals surface area contributed by atoms with Crippen LogP contribution in [0, 0.1) is 0 Å². The maximum Gasteiger partial charge on any atom is 0.472 e. The van der Waals surface area contributed by atoms with Gasteiger partial charge in [-0.15, -0.1) is 0 Å². The molecule has 0 aromatic rings. The van der Waals surface area contributed by atoms with E-state index < -0.39 is 32.7 Å². The maximum absolute atomic E-state index is 12.9. The van der Waals surface area contributed by atoms with E-state index in [1.165, 1.54) is 128 Å². The number of phosphoric acid groups is 1. The predicted molar refractivity (Wildman–Crippen MR) is 228 cm³/mol. The third-order valence-electron chi connectivity index (χ3n) is 10.4. The van der Waals surface area contributed by atoms with Crippen LogP contribution in [0.25, 0.3) is 0 Å². The lowest BCUT2D eigenvalue weighted by molar-refractivity contribution is -0.870. The number of carbonyl (C=O) groups is 1. The maximum atomic E-state index is 12.9. The smallest absolute Gasteiger partial charge is 0.390 e. The molecule has 0 saturated heterocycles. The first-order chi connectivity index (χ1) is 25.9. The number of likely N-dealkylation sites (N-methyl/N-ethyl adjacent to an activating group) is 1. The minimum atomic E-state index is -4.41. The first kappa shape index (κ1) is 53.2.